The van der Waals surface area contributed by atoms with E-state index in [9.17, 15) is 5.11 Å². The van der Waals surface area contributed by atoms with E-state index in [4.69, 9.17) is 4.42 Å². The Kier molecular flexibility index (Phi) is 4.32. The lowest BCUT2D eigenvalue weighted by atomic mass is 10.2. The zero-order valence-corrected chi connectivity index (χ0v) is 13.1. The SMILES string of the molecule is Cc1c(C)n(CC(O)C[NH2+]Cc2ccco2)c2ccccc12. The number of nitrogens with two attached hydrogens (primary N) is 1. The maximum Gasteiger partial charge on any atom is 0.157 e. The number of fused-ring (bicyclic) bond motifs is 1. The highest BCUT2D eigenvalue weighted by Crippen LogP contribution is 2.24. The highest BCUT2D eigenvalue weighted by atomic mass is 16.3. The average molecular weight is 299 g/mol. The van der Waals surface area contributed by atoms with Crippen LogP contribution in [-0.4, -0.2) is 22.3 Å². The van der Waals surface area contributed by atoms with E-state index in [2.05, 4.69) is 41.9 Å². The van der Waals surface area contributed by atoms with Crippen molar-refractivity contribution in [1.29, 1.82) is 0 Å². The van der Waals surface area contributed by atoms with E-state index in [1.807, 2.05) is 18.2 Å². The van der Waals surface area contributed by atoms with Crippen molar-refractivity contribution in [3.63, 3.8) is 0 Å². The molecule has 1 atom stereocenters. The molecule has 0 bridgehead atoms. The molecule has 1 unspecified atom stereocenters. The third-order valence-electron chi connectivity index (χ3n) is 4.30. The zero-order valence-electron chi connectivity index (χ0n) is 13.1. The smallest absolute Gasteiger partial charge is 0.157 e. The molecule has 4 nitrogen and oxygen atoms in total. The number of rotatable bonds is 6. The van der Waals surface area contributed by atoms with Crippen molar-refractivity contribution in [2.45, 2.75) is 33.0 Å². The summed E-state index contributed by atoms with van der Waals surface area (Å²) in [4.78, 5) is 0. The summed E-state index contributed by atoms with van der Waals surface area (Å²) >= 11 is 0. The van der Waals surface area contributed by atoms with Gasteiger partial charge >= 0.3 is 0 Å². The fourth-order valence-corrected chi connectivity index (χ4v) is 2.97. The molecule has 0 spiro atoms. The van der Waals surface area contributed by atoms with Gasteiger partial charge in [-0.1, -0.05) is 18.2 Å². The predicted molar refractivity (Wildman–Crippen MR) is 86.6 cm³/mol. The van der Waals surface area contributed by atoms with Crippen LogP contribution < -0.4 is 5.32 Å². The molecular weight excluding hydrogens is 276 g/mol. The molecule has 0 aliphatic carbocycles. The summed E-state index contributed by atoms with van der Waals surface area (Å²) in [5, 5.41) is 13.7. The Bertz CT molecular complexity index is 744. The molecule has 0 fully saturated rings. The van der Waals surface area contributed by atoms with E-state index < -0.39 is 0 Å². The van der Waals surface area contributed by atoms with E-state index in [0.717, 1.165) is 12.3 Å². The molecule has 0 saturated carbocycles. The van der Waals surface area contributed by atoms with E-state index in [1.54, 1.807) is 6.26 Å². The van der Waals surface area contributed by atoms with Gasteiger partial charge in [0.1, 0.15) is 19.2 Å². The first-order valence-electron chi connectivity index (χ1n) is 7.73. The molecule has 22 heavy (non-hydrogen) atoms. The number of para-hydroxylation sites is 1. The number of nitrogens with zero attached hydrogens (tertiary/aromatic N) is 1. The number of aliphatic hydroxyl groups excluding tert-OH is 1. The second-order valence-electron chi connectivity index (χ2n) is 5.80. The first-order valence-corrected chi connectivity index (χ1v) is 7.73. The molecule has 2 heterocycles. The first kappa shape index (κ1) is 14.9. The summed E-state index contributed by atoms with van der Waals surface area (Å²) in [5.74, 6) is 0.936. The van der Waals surface area contributed by atoms with Gasteiger partial charge in [0.15, 0.2) is 5.76 Å². The number of aryl methyl sites for hydroxylation is 1. The molecule has 0 aliphatic rings. The minimum atomic E-state index is -0.385. The molecule has 3 aromatic rings. The second kappa shape index (κ2) is 6.38. The van der Waals surface area contributed by atoms with Crippen LogP contribution >= 0.6 is 0 Å². The molecule has 0 saturated heterocycles. The van der Waals surface area contributed by atoms with Crippen LogP contribution in [0.5, 0.6) is 0 Å². The molecule has 1 aromatic carbocycles. The summed E-state index contributed by atoms with van der Waals surface area (Å²) in [6.07, 6.45) is 1.29. The van der Waals surface area contributed by atoms with Crippen molar-refractivity contribution >= 4 is 10.9 Å². The standard InChI is InChI=1S/C18H22N2O2/c1-13-14(2)20(18-8-4-3-7-17(13)18)12-15(21)10-19-11-16-6-5-9-22-16/h3-9,15,19,21H,10-12H2,1-2H3/p+1. The molecule has 0 radical (unpaired) electrons. The van der Waals surface area contributed by atoms with E-state index in [0.29, 0.717) is 13.1 Å². The van der Waals surface area contributed by atoms with E-state index >= 15 is 0 Å². The van der Waals surface area contributed by atoms with Gasteiger partial charge < -0.3 is 19.4 Å². The molecule has 4 heteroatoms. The lowest BCUT2D eigenvalue weighted by Crippen LogP contribution is -2.85. The Morgan fingerprint density at radius 2 is 2.00 bits per heavy atom. The molecule has 0 amide bonds. The van der Waals surface area contributed by atoms with Gasteiger partial charge in [0.2, 0.25) is 0 Å². The van der Waals surface area contributed by atoms with E-state index in [1.165, 1.54) is 22.2 Å². The third kappa shape index (κ3) is 2.93. The number of quaternary nitrogens is 1. The van der Waals surface area contributed by atoms with Gasteiger partial charge in [-0.05, 0) is 37.6 Å². The zero-order chi connectivity index (χ0) is 15.5. The van der Waals surface area contributed by atoms with Gasteiger partial charge in [0, 0.05) is 16.6 Å². The number of aliphatic hydroxyl groups is 1. The average Bonchev–Trinajstić information content (AvgIpc) is 3.11. The highest BCUT2D eigenvalue weighted by Gasteiger charge is 2.14. The second-order valence-corrected chi connectivity index (χ2v) is 5.80. The van der Waals surface area contributed by atoms with Crippen molar-refractivity contribution in [2.24, 2.45) is 0 Å². The van der Waals surface area contributed by atoms with Crippen LogP contribution in [0, 0.1) is 13.8 Å². The summed E-state index contributed by atoms with van der Waals surface area (Å²) in [5.41, 5.74) is 3.72. The summed E-state index contributed by atoms with van der Waals surface area (Å²) in [7, 11) is 0. The van der Waals surface area contributed by atoms with Crippen LogP contribution in [0.2, 0.25) is 0 Å². The quantitative estimate of drug-likeness (QED) is 0.731. The maximum absolute atomic E-state index is 10.3. The molecule has 116 valence electrons. The molecule has 2 aromatic heterocycles. The van der Waals surface area contributed by atoms with Crippen molar-refractivity contribution < 1.29 is 14.8 Å². The fraction of sp³-hybridized carbons (Fsp3) is 0.333. The van der Waals surface area contributed by atoms with Crippen LogP contribution in [-0.2, 0) is 13.1 Å². The Morgan fingerprint density at radius 1 is 1.18 bits per heavy atom. The van der Waals surface area contributed by atoms with Crippen LogP contribution in [0.1, 0.15) is 17.0 Å². The van der Waals surface area contributed by atoms with Crippen molar-refractivity contribution in [2.75, 3.05) is 6.54 Å². The predicted octanol–water partition coefficient (Wildman–Crippen LogP) is 1.98. The lowest BCUT2D eigenvalue weighted by molar-refractivity contribution is -0.678. The van der Waals surface area contributed by atoms with Crippen LogP contribution in [0.3, 0.4) is 0 Å². The number of furan rings is 1. The highest BCUT2D eigenvalue weighted by molar-refractivity contribution is 5.85. The fourth-order valence-electron chi connectivity index (χ4n) is 2.97. The number of hydrogen-bond donors (Lipinski definition) is 2. The van der Waals surface area contributed by atoms with Crippen molar-refractivity contribution in [1.82, 2.24) is 4.57 Å². The summed E-state index contributed by atoms with van der Waals surface area (Å²) in [6.45, 7) is 6.30. The van der Waals surface area contributed by atoms with Gasteiger partial charge in [0.25, 0.3) is 0 Å². The lowest BCUT2D eigenvalue weighted by Gasteiger charge is -2.13. The maximum atomic E-state index is 10.3. The molecule has 3 N–H and O–H groups in total. The van der Waals surface area contributed by atoms with Gasteiger partial charge in [-0.3, -0.25) is 0 Å². The minimum absolute atomic E-state index is 0.385. The van der Waals surface area contributed by atoms with Gasteiger partial charge in [-0.2, -0.15) is 0 Å². The monoisotopic (exact) mass is 299 g/mol. The van der Waals surface area contributed by atoms with Crippen LogP contribution in [0.15, 0.2) is 47.1 Å². The topological polar surface area (TPSA) is 54.9 Å². The molecular formula is C18H23N2O2+. The summed E-state index contributed by atoms with van der Waals surface area (Å²) in [6, 6.07) is 12.2. The Labute approximate surface area is 130 Å². The molecule has 3 rings (SSSR count). The number of aromatic nitrogens is 1. The number of benzene rings is 1. The molecule has 0 aliphatic heterocycles. The largest absolute Gasteiger partial charge is 0.463 e. The van der Waals surface area contributed by atoms with Gasteiger partial charge in [-0.25, -0.2) is 0 Å². The Balaban J connectivity index is 1.66. The van der Waals surface area contributed by atoms with E-state index in [-0.39, 0.29) is 6.10 Å². The van der Waals surface area contributed by atoms with Gasteiger partial charge in [-0.15, -0.1) is 0 Å². The minimum Gasteiger partial charge on any atom is -0.463 e. The third-order valence-corrected chi connectivity index (χ3v) is 4.30. The van der Waals surface area contributed by atoms with Crippen molar-refractivity contribution in [3.05, 3.63) is 59.7 Å². The normalized spacial score (nSPS) is 12.9. The Hall–Kier alpha value is -2.04. The number of hydrogen-bond acceptors (Lipinski definition) is 2. The first-order chi connectivity index (χ1) is 10.7. The van der Waals surface area contributed by atoms with Crippen LogP contribution in [0.25, 0.3) is 10.9 Å². The van der Waals surface area contributed by atoms with Gasteiger partial charge in [0.05, 0.1) is 12.8 Å². The van der Waals surface area contributed by atoms with Crippen molar-refractivity contribution in [3.8, 4) is 0 Å². The Morgan fingerprint density at radius 3 is 2.77 bits per heavy atom. The van der Waals surface area contributed by atoms with Crippen LogP contribution in [0.4, 0.5) is 0 Å². The summed E-state index contributed by atoms with van der Waals surface area (Å²) < 4.78 is 7.51.